The van der Waals surface area contributed by atoms with E-state index in [-0.39, 0.29) is 0 Å². The molecule has 74 valence electrons. The second-order valence-corrected chi connectivity index (χ2v) is 4.54. The smallest absolute Gasteiger partial charge is 0.0929 e. The summed E-state index contributed by atoms with van der Waals surface area (Å²) < 4.78 is 5.01. The van der Waals surface area contributed by atoms with Gasteiger partial charge < -0.3 is 4.74 Å². The molecule has 0 saturated carbocycles. The van der Waals surface area contributed by atoms with Crippen molar-refractivity contribution < 1.29 is 4.74 Å². The Balaban J connectivity index is 2.39. The quantitative estimate of drug-likeness (QED) is 0.727. The maximum absolute atomic E-state index is 5.01. The molecular weight excluding hydrogens is 182 g/mol. The maximum Gasteiger partial charge on any atom is 0.0929 e. The van der Waals surface area contributed by atoms with Gasteiger partial charge in [0.05, 0.1) is 17.3 Å². The van der Waals surface area contributed by atoms with Crippen LogP contribution in [0.5, 0.6) is 0 Å². The van der Waals surface area contributed by atoms with Gasteiger partial charge in [0, 0.05) is 12.5 Å². The summed E-state index contributed by atoms with van der Waals surface area (Å²) in [6.07, 6.45) is 2.33. The van der Waals surface area contributed by atoms with Crippen molar-refractivity contribution in [2.24, 2.45) is 5.92 Å². The Morgan fingerprint density at radius 3 is 2.92 bits per heavy atom. The Kier molecular flexibility index (Phi) is 4.39. The highest BCUT2D eigenvalue weighted by molar-refractivity contribution is 7.09. The summed E-state index contributed by atoms with van der Waals surface area (Å²) in [7, 11) is 1.70. The summed E-state index contributed by atoms with van der Waals surface area (Å²) in [6.45, 7) is 5.12. The molecule has 0 aliphatic rings. The SMILES string of the molecule is COCc1csc(CCC(C)C)n1. The molecule has 1 aromatic rings. The molecule has 1 heterocycles. The van der Waals surface area contributed by atoms with Gasteiger partial charge in [-0.3, -0.25) is 0 Å². The zero-order valence-corrected chi connectivity index (χ0v) is 9.36. The number of methoxy groups -OCH3 is 1. The van der Waals surface area contributed by atoms with E-state index >= 15 is 0 Å². The Labute approximate surface area is 84.0 Å². The average molecular weight is 199 g/mol. The average Bonchev–Trinajstić information content (AvgIpc) is 2.50. The molecule has 0 spiro atoms. The van der Waals surface area contributed by atoms with Crippen LogP contribution in [0, 0.1) is 5.92 Å². The number of thiazole rings is 1. The normalized spacial score (nSPS) is 11.1. The highest BCUT2D eigenvalue weighted by atomic mass is 32.1. The van der Waals surface area contributed by atoms with E-state index in [1.54, 1.807) is 18.4 Å². The fourth-order valence-electron chi connectivity index (χ4n) is 1.09. The molecule has 0 radical (unpaired) electrons. The second kappa shape index (κ2) is 5.35. The first-order valence-electron chi connectivity index (χ1n) is 4.64. The van der Waals surface area contributed by atoms with E-state index in [4.69, 9.17) is 4.74 Å². The lowest BCUT2D eigenvalue weighted by molar-refractivity contribution is 0.182. The van der Waals surface area contributed by atoms with Crippen molar-refractivity contribution in [3.05, 3.63) is 16.1 Å². The largest absolute Gasteiger partial charge is 0.378 e. The van der Waals surface area contributed by atoms with Crippen LogP contribution >= 0.6 is 11.3 Å². The van der Waals surface area contributed by atoms with E-state index in [0.29, 0.717) is 6.61 Å². The van der Waals surface area contributed by atoms with Crippen LogP contribution in [0.25, 0.3) is 0 Å². The summed E-state index contributed by atoms with van der Waals surface area (Å²) in [4.78, 5) is 4.47. The predicted molar refractivity (Wildman–Crippen MR) is 56.0 cm³/mol. The van der Waals surface area contributed by atoms with Gasteiger partial charge in [0.25, 0.3) is 0 Å². The Morgan fingerprint density at radius 1 is 1.54 bits per heavy atom. The highest BCUT2D eigenvalue weighted by Gasteiger charge is 2.02. The van der Waals surface area contributed by atoms with Crippen molar-refractivity contribution >= 4 is 11.3 Å². The lowest BCUT2D eigenvalue weighted by Crippen LogP contribution is -1.93. The van der Waals surface area contributed by atoms with Crippen LogP contribution in [0.15, 0.2) is 5.38 Å². The van der Waals surface area contributed by atoms with Crippen molar-refractivity contribution in [1.82, 2.24) is 4.98 Å². The third kappa shape index (κ3) is 3.87. The zero-order valence-electron chi connectivity index (χ0n) is 8.54. The minimum atomic E-state index is 0.637. The maximum atomic E-state index is 5.01. The molecule has 0 saturated heterocycles. The first kappa shape index (κ1) is 10.7. The van der Waals surface area contributed by atoms with Gasteiger partial charge in [0.1, 0.15) is 0 Å². The highest BCUT2D eigenvalue weighted by Crippen LogP contribution is 2.14. The standard InChI is InChI=1S/C10H17NOS/c1-8(2)4-5-10-11-9(6-12-3)7-13-10/h7-8H,4-6H2,1-3H3. The number of aryl methyl sites for hydroxylation is 1. The van der Waals surface area contributed by atoms with Gasteiger partial charge in [-0.25, -0.2) is 4.98 Å². The molecule has 0 aromatic carbocycles. The molecule has 3 heteroatoms. The monoisotopic (exact) mass is 199 g/mol. The molecule has 0 unspecified atom stereocenters. The minimum absolute atomic E-state index is 0.637. The Morgan fingerprint density at radius 2 is 2.31 bits per heavy atom. The Bertz CT molecular complexity index is 245. The summed E-state index contributed by atoms with van der Waals surface area (Å²) in [5, 5.41) is 3.32. The van der Waals surface area contributed by atoms with E-state index in [9.17, 15) is 0 Å². The van der Waals surface area contributed by atoms with E-state index in [0.717, 1.165) is 18.0 Å². The van der Waals surface area contributed by atoms with Gasteiger partial charge >= 0.3 is 0 Å². The summed E-state index contributed by atoms with van der Waals surface area (Å²) >= 11 is 1.74. The summed E-state index contributed by atoms with van der Waals surface area (Å²) in [5.41, 5.74) is 1.06. The molecule has 0 N–H and O–H groups in total. The summed E-state index contributed by atoms with van der Waals surface area (Å²) in [5.74, 6) is 0.759. The Hall–Kier alpha value is -0.410. The molecule has 13 heavy (non-hydrogen) atoms. The van der Waals surface area contributed by atoms with Crippen LogP contribution in [0.4, 0.5) is 0 Å². The van der Waals surface area contributed by atoms with Crippen LogP contribution in [0.3, 0.4) is 0 Å². The van der Waals surface area contributed by atoms with E-state index in [2.05, 4.69) is 24.2 Å². The minimum Gasteiger partial charge on any atom is -0.378 e. The van der Waals surface area contributed by atoms with Crippen LogP contribution < -0.4 is 0 Å². The third-order valence-corrected chi connectivity index (χ3v) is 2.78. The number of ether oxygens (including phenoxy) is 1. The third-order valence-electron chi connectivity index (χ3n) is 1.83. The predicted octanol–water partition coefficient (Wildman–Crippen LogP) is 2.88. The van der Waals surface area contributed by atoms with E-state index in [1.165, 1.54) is 11.4 Å². The molecule has 0 atom stereocenters. The van der Waals surface area contributed by atoms with Crippen molar-refractivity contribution in [3.63, 3.8) is 0 Å². The molecule has 0 aliphatic heterocycles. The van der Waals surface area contributed by atoms with Crippen molar-refractivity contribution in [1.29, 1.82) is 0 Å². The molecule has 0 aliphatic carbocycles. The van der Waals surface area contributed by atoms with Crippen molar-refractivity contribution in [2.75, 3.05) is 7.11 Å². The van der Waals surface area contributed by atoms with Gasteiger partial charge in [-0.1, -0.05) is 13.8 Å². The van der Waals surface area contributed by atoms with Gasteiger partial charge in [-0.2, -0.15) is 0 Å². The van der Waals surface area contributed by atoms with Crippen LogP contribution in [0.2, 0.25) is 0 Å². The molecule has 1 rings (SSSR count). The van der Waals surface area contributed by atoms with Crippen LogP contribution in [0.1, 0.15) is 31.0 Å². The van der Waals surface area contributed by atoms with Crippen LogP contribution in [-0.4, -0.2) is 12.1 Å². The van der Waals surface area contributed by atoms with E-state index < -0.39 is 0 Å². The van der Waals surface area contributed by atoms with Gasteiger partial charge in [0.15, 0.2) is 0 Å². The van der Waals surface area contributed by atoms with Crippen molar-refractivity contribution in [2.45, 2.75) is 33.3 Å². The number of nitrogens with zero attached hydrogens (tertiary/aromatic N) is 1. The molecule has 0 bridgehead atoms. The zero-order chi connectivity index (χ0) is 9.68. The molecule has 0 fully saturated rings. The molecule has 2 nitrogen and oxygen atoms in total. The topological polar surface area (TPSA) is 22.1 Å². The van der Waals surface area contributed by atoms with Gasteiger partial charge in [-0.05, 0) is 18.8 Å². The number of aromatic nitrogens is 1. The lowest BCUT2D eigenvalue weighted by Gasteiger charge is -2.00. The van der Waals surface area contributed by atoms with E-state index in [1.807, 2.05) is 0 Å². The lowest BCUT2D eigenvalue weighted by atomic mass is 10.1. The first-order chi connectivity index (χ1) is 6.22. The molecular formula is C10H17NOS. The molecule has 0 amide bonds. The number of hydrogen-bond acceptors (Lipinski definition) is 3. The number of hydrogen-bond donors (Lipinski definition) is 0. The fraction of sp³-hybridized carbons (Fsp3) is 0.700. The molecule has 1 aromatic heterocycles. The van der Waals surface area contributed by atoms with Crippen molar-refractivity contribution in [3.8, 4) is 0 Å². The van der Waals surface area contributed by atoms with Gasteiger partial charge in [-0.15, -0.1) is 11.3 Å². The van der Waals surface area contributed by atoms with Gasteiger partial charge in [0.2, 0.25) is 0 Å². The second-order valence-electron chi connectivity index (χ2n) is 3.60. The summed E-state index contributed by atoms with van der Waals surface area (Å²) in [6, 6.07) is 0. The number of rotatable bonds is 5. The van der Waals surface area contributed by atoms with Crippen LogP contribution in [-0.2, 0) is 17.8 Å². The fourth-order valence-corrected chi connectivity index (χ4v) is 1.89. The first-order valence-corrected chi connectivity index (χ1v) is 5.52.